The van der Waals surface area contributed by atoms with Crippen molar-refractivity contribution in [2.75, 3.05) is 0 Å². The largest absolute Gasteiger partial charge is 0.243 e. The summed E-state index contributed by atoms with van der Waals surface area (Å²) in [7, 11) is 0. The van der Waals surface area contributed by atoms with E-state index in [0.29, 0.717) is 5.56 Å². The van der Waals surface area contributed by atoms with Crippen LogP contribution in [0.3, 0.4) is 0 Å². The molecule has 8 aromatic rings. The number of nitrogens with zero attached hydrogens (tertiary/aromatic N) is 3. The van der Waals surface area contributed by atoms with Crippen molar-refractivity contribution in [2.45, 2.75) is 0 Å². The van der Waals surface area contributed by atoms with Crippen molar-refractivity contribution in [3.05, 3.63) is 169 Å². The summed E-state index contributed by atoms with van der Waals surface area (Å²) in [5.41, 5.74) is 11.7. The smallest absolute Gasteiger partial charge is 0.107 e. The predicted octanol–water partition coefficient (Wildman–Crippen LogP) is 11.6. The highest BCUT2D eigenvalue weighted by Gasteiger charge is 2.20. The standard InChI is InChI=1S/C43H27N3S/c44-28-29-15-17-30(18-16-29)31-19-21-32(22-20-31)33-23-25-36(26-24-33)42-43(39-27-37-13-7-8-14-38(37)47-39)46-41(35-11-5-2-6-12-35)40(45-42)34-9-3-1-4-10-34/h1-27H. The monoisotopic (exact) mass is 617 g/mol. The molecule has 2 heterocycles. The lowest BCUT2D eigenvalue weighted by Gasteiger charge is -2.15. The highest BCUT2D eigenvalue weighted by molar-refractivity contribution is 7.22. The second kappa shape index (κ2) is 12.3. The molecular weight excluding hydrogens is 591 g/mol. The fourth-order valence-electron chi connectivity index (χ4n) is 5.91. The molecule has 6 aromatic carbocycles. The Morgan fingerprint density at radius 2 is 0.809 bits per heavy atom. The van der Waals surface area contributed by atoms with Crippen LogP contribution in [0.1, 0.15) is 5.56 Å². The summed E-state index contributed by atoms with van der Waals surface area (Å²) in [5, 5.41) is 10.3. The maximum atomic E-state index is 9.13. The fourth-order valence-corrected chi connectivity index (χ4v) is 6.97. The van der Waals surface area contributed by atoms with Crippen LogP contribution in [-0.4, -0.2) is 9.97 Å². The minimum absolute atomic E-state index is 0.663. The molecule has 0 bridgehead atoms. The van der Waals surface area contributed by atoms with Crippen LogP contribution < -0.4 is 0 Å². The topological polar surface area (TPSA) is 49.6 Å². The summed E-state index contributed by atoms with van der Waals surface area (Å²) < 4.78 is 1.23. The van der Waals surface area contributed by atoms with Crippen LogP contribution in [0.2, 0.25) is 0 Å². The van der Waals surface area contributed by atoms with Gasteiger partial charge >= 0.3 is 0 Å². The highest BCUT2D eigenvalue weighted by atomic mass is 32.1. The molecule has 0 saturated heterocycles. The molecule has 0 amide bonds. The van der Waals surface area contributed by atoms with Crippen molar-refractivity contribution in [1.29, 1.82) is 5.26 Å². The minimum Gasteiger partial charge on any atom is -0.243 e. The Bertz CT molecular complexity index is 2340. The fraction of sp³-hybridized carbons (Fsp3) is 0. The first kappa shape index (κ1) is 28.3. The Hall–Kier alpha value is -6.15. The van der Waals surface area contributed by atoms with Gasteiger partial charge in [-0.2, -0.15) is 5.26 Å². The van der Waals surface area contributed by atoms with Gasteiger partial charge in [-0.1, -0.05) is 140 Å². The molecule has 0 N–H and O–H groups in total. The minimum atomic E-state index is 0.663. The molecule has 0 unspecified atom stereocenters. The van der Waals surface area contributed by atoms with Crippen molar-refractivity contribution in [3.8, 4) is 72.7 Å². The number of benzene rings is 6. The lowest BCUT2D eigenvalue weighted by molar-refractivity contribution is 1.22. The van der Waals surface area contributed by atoms with Gasteiger partial charge in [-0.15, -0.1) is 11.3 Å². The molecule has 0 fully saturated rings. The Kier molecular flexibility index (Phi) is 7.43. The molecule has 8 rings (SSSR count). The quantitative estimate of drug-likeness (QED) is 0.186. The first-order valence-electron chi connectivity index (χ1n) is 15.5. The van der Waals surface area contributed by atoms with Crippen LogP contribution in [0.4, 0.5) is 0 Å². The third kappa shape index (κ3) is 5.61. The predicted molar refractivity (Wildman–Crippen MR) is 195 cm³/mol. The van der Waals surface area contributed by atoms with Crippen LogP contribution in [0.5, 0.6) is 0 Å². The Labute approximate surface area is 277 Å². The second-order valence-electron chi connectivity index (χ2n) is 11.3. The maximum Gasteiger partial charge on any atom is 0.107 e. The Morgan fingerprint density at radius 1 is 0.404 bits per heavy atom. The first-order chi connectivity index (χ1) is 23.2. The molecule has 4 heteroatoms. The summed E-state index contributed by atoms with van der Waals surface area (Å²) in [4.78, 5) is 11.9. The van der Waals surface area contributed by atoms with Crippen LogP contribution in [0.15, 0.2) is 164 Å². The Morgan fingerprint density at radius 3 is 1.32 bits per heavy atom. The van der Waals surface area contributed by atoms with Gasteiger partial charge in [-0.05, 0) is 51.9 Å². The zero-order valence-corrected chi connectivity index (χ0v) is 26.2. The summed E-state index contributed by atoms with van der Waals surface area (Å²) >= 11 is 1.75. The summed E-state index contributed by atoms with van der Waals surface area (Å²) in [6, 6.07) is 58.4. The summed E-state index contributed by atoms with van der Waals surface area (Å²) in [6.07, 6.45) is 0. The van der Waals surface area contributed by atoms with Crippen molar-refractivity contribution >= 4 is 21.4 Å². The molecule has 0 saturated carbocycles. The van der Waals surface area contributed by atoms with Crippen molar-refractivity contribution in [1.82, 2.24) is 9.97 Å². The molecule has 0 aliphatic heterocycles. The van der Waals surface area contributed by atoms with E-state index in [1.165, 1.54) is 10.1 Å². The SMILES string of the molecule is N#Cc1ccc(-c2ccc(-c3ccc(-c4nc(-c5ccccc5)c(-c5ccccc5)nc4-c4cc5ccccc5s4)cc3)cc2)cc1. The third-order valence-corrected chi connectivity index (χ3v) is 9.50. The average Bonchev–Trinajstić information content (AvgIpc) is 3.60. The highest BCUT2D eigenvalue weighted by Crippen LogP contribution is 2.41. The van der Waals surface area contributed by atoms with Crippen molar-refractivity contribution in [2.24, 2.45) is 0 Å². The third-order valence-electron chi connectivity index (χ3n) is 8.37. The normalized spacial score (nSPS) is 11.0. The van der Waals surface area contributed by atoms with E-state index in [9.17, 15) is 0 Å². The van der Waals surface area contributed by atoms with E-state index in [-0.39, 0.29) is 0 Å². The van der Waals surface area contributed by atoms with E-state index in [1.54, 1.807) is 11.3 Å². The molecule has 47 heavy (non-hydrogen) atoms. The van der Waals surface area contributed by atoms with Gasteiger partial charge in [0.1, 0.15) is 5.69 Å². The maximum absolute atomic E-state index is 9.13. The number of aromatic nitrogens is 2. The van der Waals surface area contributed by atoms with Gasteiger partial charge in [0.15, 0.2) is 0 Å². The van der Waals surface area contributed by atoms with E-state index in [2.05, 4.69) is 121 Å². The number of hydrogen-bond donors (Lipinski definition) is 0. The van der Waals surface area contributed by atoms with E-state index in [1.807, 2.05) is 48.5 Å². The molecule has 220 valence electrons. The Balaban J connectivity index is 1.24. The van der Waals surface area contributed by atoms with Crippen molar-refractivity contribution < 1.29 is 0 Å². The van der Waals surface area contributed by atoms with E-state index < -0.39 is 0 Å². The molecule has 0 aliphatic carbocycles. The lowest BCUT2D eigenvalue weighted by atomic mass is 9.97. The second-order valence-corrected chi connectivity index (χ2v) is 12.4. The average molecular weight is 618 g/mol. The number of nitriles is 1. The van der Waals surface area contributed by atoms with E-state index in [4.69, 9.17) is 15.2 Å². The lowest BCUT2D eigenvalue weighted by Crippen LogP contribution is -2.00. The molecule has 2 aromatic heterocycles. The molecule has 0 atom stereocenters. The van der Waals surface area contributed by atoms with Crippen LogP contribution in [0, 0.1) is 11.3 Å². The van der Waals surface area contributed by atoms with Gasteiger partial charge in [-0.25, -0.2) is 9.97 Å². The number of hydrogen-bond acceptors (Lipinski definition) is 4. The van der Waals surface area contributed by atoms with Crippen LogP contribution >= 0.6 is 11.3 Å². The van der Waals surface area contributed by atoms with Gasteiger partial charge in [0.2, 0.25) is 0 Å². The number of rotatable bonds is 6. The molecular formula is C43H27N3S. The molecule has 0 radical (unpaired) electrons. The van der Waals surface area contributed by atoms with Gasteiger partial charge in [0.25, 0.3) is 0 Å². The van der Waals surface area contributed by atoms with Gasteiger partial charge < -0.3 is 0 Å². The summed E-state index contributed by atoms with van der Waals surface area (Å²) in [6.45, 7) is 0. The zero-order chi connectivity index (χ0) is 31.6. The van der Waals surface area contributed by atoms with Crippen molar-refractivity contribution in [3.63, 3.8) is 0 Å². The molecule has 0 spiro atoms. The number of fused-ring (bicyclic) bond motifs is 1. The van der Waals surface area contributed by atoms with E-state index >= 15 is 0 Å². The molecule has 3 nitrogen and oxygen atoms in total. The first-order valence-corrected chi connectivity index (χ1v) is 16.3. The number of thiophene rings is 1. The molecule has 0 aliphatic rings. The van der Waals surface area contributed by atoms with Crippen LogP contribution in [0.25, 0.3) is 76.7 Å². The zero-order valence-electron chi connectivity index (χ0n) is 25.3. The van der Waals surface area contributed by atoms with E-state index in [0.717, 1.165) is 66.6 Å². The van der Waals surface area contributed by atoms with Crippen LogP contribution in [-0.2, 0) is 0 Å². The van der Waals surface area contributed by atoms with Gasteiger partial charge in [0.05, 0.1) is 33.6 Å². The van der Waals surface area contributed by atoms with Gasteiger partial charge in [0, 0.05) is 21.4 Å². The summed E-state index contributed by atoms with van der Waals surface area (Å²) in [5.74, 6) is 0. The van der Waals surface area contributed by atoms with Gasteiger partial charge in [-0.3, -0.25) is 0 Å².